The van der Waals surface area contributed by atoms with Crippen molar-refractivity contribution in [1.29, 1.82) is 0 Å². The molecule has 0 saturated heterocycles. The van der Waals surface area contributed by atoms with Crippen molar-refractivity contribution in [1.82, 2.24) is 15.3 Å². The van der Waals surface area contributed by atoms with Crippen molar-refractivity contribution in [2.24, 2.45) is 0 Å². The van der Waals surface area contributed by atoms with Gasteiger partial charge in [-0.2, -0.15) is 0 Å². The molecule has 190 valence electrons. The summed E-state index contributed by atoms with van der Waals surface area (Å²) in [6, 6.07) is 7.67. The van der Waals surface area contributed by atoms with Gasteiger partial charge in [-0.1, -0.05) is 0 Å². The number of hydrogen-bond donors (Lipinski definition) is 3. The maximum Gasteiger partial charge on any atom is 0.335 e. The molecule has 3 N–H and O–H groups in total. The molecule has 10 nitrogen and oxygen atoms in total. The second-order valence-electron chi connectivity index (χ2n) is 8.47. The number of carboxylic acids is 2. The maximum atomic E-state index is 11.9. The van der Waals surface area contributed by atoms with Crippen LogP contribution in [0.3, 0.4) is 0 Å². The van der Waals surface area contributed by atoms with Crippen molar-refractivity contribution in [2.45, 2.75) is 6.04 Å². The number of nitrogens with zero attached hydrogens (tertiary/aromatic N) is 2. The maximum absolute atomic E-state index is 11.9. The van der Waals surface area contributed by atoms with Crippen LogP contribution in [0.25, 0.3) is 27.5 Å². The molecule has 0 fully saturated rings. The number of aliphatic carboxylic acids is 1. The van der Waals surface area contributed by atoms with E-state index < -0.39 is 18.0 Å². The Morgan fingerprint density at radius 3 is 2.68 bits per heavy atom. The van der Waals surface area contributed by atoms with Gasteiger partial charge in [-0.25, -0.2) is 9.59 Å². The van der Waals surface area contributed by atoms with Gasteiger partial charge in [0.05, 0.1) is 40.5 Å². The summed E-state index contributed by atoms with van der Waals surface area (Å²) in [5.74, 6) is -0.196. The van der Waals surface area contributed by atoms with Crippen molar-refractivity contribution < 1.29 is 33.7 Å². The number of carbonyl (C=O) groups is 2. The number of aromatic nitrogens is 2. The minimum Gasteiger partial charge on any atom is -0.485 e. The van der Waals surface area contributed by atoms with Crippen LogP contribution >= 0.6 is 11.3 Å². The van der Waals surface area contributed by atoms with Gasteiger partial charge in [0.2, 0.25) is 0 Å². The lowest BCUT2D eigenvalue weighted by molar-refractivity contribution is -0.132. The molecule has 6 rings (SSSR count). The summed E-state index contributed by atoms with van der Waals surface area (Å²) in [7, 11) is 0. The van der Waals surface area contributed by atoms with Gasteiger partial charge in [0.25, 0.3) is 0 Å². The summed E-state index contributed by atoms with van der Waals surface area (Å²) in [6.45, 7) is 0.987. The number of furan rings is 1. The van der Waals surface area contributed by atoms with Crippen molar-refractivity contribution >= 4 is 29.0 Å². The monoisotopic (exact) mass is 529 g/mol. The van der Waals surface area contributed by atoms with Gasteiger partial charge < -0.3 is 29.4 Å². The molecule has 0 aromatic carbocycles. The van der Waals surface area contributed by atoms with E-state index in [1.807, 2.05) is 23.6 Å². The van der Waals surface area contributed by atoms with Gasteiger partial charge in [0.1, 0.15) is 23.9 Å². The normalized spacial score (nSPS) is 16.3. The van der Waals surface area contributed by atoms with Crippen LogP contribution in [0.15, 0.2) is 76.5 Å². The van der Waals surface area contributed by atoms with Gasteiger partial charge in [-0.15, -0.1) is 11.3 Å². The zero-order valence-corrected chi connectivity index (χ0v) is 20.4. The minimum atomic E-state index is -1.12. The van der Waals surface area contributed by atoms with E-state index in [0.717, 1.165) is 16.0 Å². The van der Waals surface area contributed by atoms with Crippen molar-refractivity contribution in [3.8, 4) is 33.3 Å². The Morgan fingerprint density at radius 2 is 1.84 bits per heavy atom. The average Bonchev–Trinajstić information content (AvgIpc) is 3.60. The highest BCUT2D eigenvalue weighted by Crippen LogP contribution is 2.46. The number of pyridine rings is 2. The molecule has 4 aromatic rings. The van der Waals surface area contributed by atoms with E-state index in [1.54, 1.807) is 12.5 Å². The molecular weight excluding hydrogens is 510 g/mol. The molecule has 1 atom stereocenters. The van der Waals surface area contributed by atoms with Crippen molar-refractivity contribution in [3.05, 3.63) is 89.0 Å². The number of rotatable bonds is 6. The van der Waals surface area contributed by atoms with Crippen molar-refractivity contribution in [2.75, 3.05) is 13.2 Å². The molecule has 1 unspecified atom stereocenters. The number of thiophene rings is 1. The van der Waals surface area contributed by atoms with Gasteiger partial charge in [-0.3, -0.25) is 9.97 Å². The fraction of sp³-hybridized carbons (Fsp3) is 0.111. The number of hydrogen-bond acceptors (Lipinski definition) is 9. The van der Waals surface area contributed by atoms with Gasteiger partial charge in [0.15, 0.2) is 11.5 Å². The summed E-state index contributed by atoms with van der Waals surface area (Å²) in [6.07, 6.45) is 7.62. The van der Waals surface area contributed by atoms with E-state index in [2.05, 4.69) is 15.3 Å². The van der Waals surface area contributed by atoms with Gasteiger partial charge in [0, 0.05) is 23.3 Å². The topological polar surface area (TPSA) is 144 Å². The summed E-state index contributed by atoms with van der Waals surface area (Å²) >= 11 is 1.48. The van der Waals surface area contributed by atoms with E-state index in [9.17, 15) is 19.8 Å². The fourth-order valence-corrected chi connectivity index (χ4v) is 5.11. The highest BCUT2D eigenvalue weighted by Gasteiger charge is 2.24. The molecule has 11 heteroatoms. The lowest BCUT2D eigenvalue weighted by Crippen LogP contribution is -2.25. The van der Waals surface area contributed by atoms with Crippen LogP contribution < -0.4 is 14.8 Å². The predicted octanol–water partition coefficient (Wildman–Crippen LogP) is 4.63. The van der Waals surface area contributed by atoms with E-state index in [4.69, 9.17) is 13.9 Å². The minimum absolute atomic E-state index is 0.0359. The zero-order chi connectivity index (χ0) is 26.2. The molecule has 6 heterocycles. The lowest BCUT2D eigenvalue weighted by atomic mass is 10.00. The molecule has 2 aliphatic heterocycles. The quantitative estimate of drug-likeness (QED) is 0.323. The highest BCUT2D eigenvalue weighted by atomic mass is 32.1. The average molecular weight is 530 g/mol. The Bertz CT molecular complexity index is 1630. The number of carboxylic acid groups (broad SMARTS) is 2. The number of dihydropyridines is 1. The molecule has 2 aliphatic rings. The predicted molar refractivity (Wildman–Crippen MR) is 137 cm³/mol. The standard InChI is InChI=1S/C27H19N3O7S/c31-26(32)15-2-4-29-19(8-15)21-10-16(27(33)34)9-20(30-21)18-7-14(1-3-28-18)17-11-22(37-12-17)25-24-23(13-38-25)35-5-6-36-24/h1-4,7-13,21,30H,5-6H2,(H,31,32)(H,33,34). The van der Waals surface area contributed by atoms with E-state index in [0.29, 0.717) is 47.6 Å². The fourth-order valence-electron chi connectivity index (χ4n) is 4.22. The van der Waals surface area contributed by atoms with Gasteiger partial charge >= 0.3 is 11.9 Å². The SMILES string of the molecule is O=C(O)C1=CC(c2cc(C(=O)O)ccn2)NC(c2cc(-c3coc(-c4scc5c4OCCO5)c3)ccn2)=C1. The molecule has 0 aliphatic carbocycles. The molecule has 4 aromatic heterocycles. The third-order valence-corrected chi connectivity index (χ3v) is 7.00. The van der Waals surface area contributed by atoms with Crippen LogP contribution in [-0.4, -0.2) is 45.3 Å². The lowest BCUT2D eigenvalue weighted by Gasteiger charge is -2.23. The number of ether oxygens (including phenoxy) is 2. The summed E-state index contributed by atoms with van der Waals surface area (Å²) < 4.78 is 17.2. The van der Waals surface area contributed by atoms with E-state index in [-0.39, 0.29) is 11.1 Å². The Labute approximate surface area is 219 Å². The molecule has 0 saturated carbocycles. The summed E-state index contributed by atoms with van der Waals surface area (Å²) in [4.78, 5) is 32.8. The van der Waals surface area contributed by atoms with Gasteiger partial charge in [-0.05, 0) is 48.0 Å². The van der Waals surface area contributed by atoms with Crippen LogP contribution in [0.4, 0.5) is 0 Å². The van der Waals surface area contributed by atoms with Crippen molar-refractivity contribution in [3.63, 3.8) is 0 Å². The Hall–Kier alpha value is -4.90. The zero-order valence-electron chi connectivity index (χ0n) is 19.6. The Balaban J connectivity index is 1.31. The number of fused-ring (bicyclic) bond motifs is 1. The van der Waals surface area contributed by atoms with Crippen LogP contribution in [0, 0.1) is 0 Å². The molecular formula is C27H19N3O7S. The first-order valence-electron chi connectivity index (χ1n) is 11.5. The number of aromatic carboxylic acids is 1. The molecule has 0 radical (unpaired) electrons. The third-order valence-electron chi connectivity index (χ3n) is 6.04. The summed E-state index contributed by atoms with van der Waals surface area (Å²) in [5, 5.41) is 24.2. The van der Waals surface area contributed by atoms with Crippen LogP contribution in [0.1, 0.15) is 27.8 Å². The van der Waals surface area contributed by atoms with E-state index in [1.165, 1.54) is 41.8 Å². The van der Waals surface area contributed by atoms with E-state index >= 15 is 0 Å². The Kier molecular flexibility index (Phi) is 5.89. The second-order valence-corrected chi connectivity index (χ2v) is 9.35. The first-order valence-corrected chi connectivity index (χ1v) is 12.4. The van der Waals surface area contributed by atoms with Crippen LogP contribution in [0.2, 0.25) is 0 Å². The molecule has 38 heavy (non-hydrogen) atoms. The van der Waals surface area contributed by atoms with Crippen LogP contribution in [0.5, 0.6) is 11.5 Å². The molecule has 0 spiro atoms. The third kappa shape index (κ3) is 4.39. The largest absolute Gasteiger partial charge is 0.485 e. The summed E-state index contributed by atoms with van der Waals surface area (Å²) in [5.41, 5.74) is 3.04. The molecule has 0 bridgehead atoms. The first-order chi connectivity index (χ1) is 18.5. The first kappa shape index (κ1) is 23.5. The van der Waals surface area contributed by atoms with Crippen LogP contribution in [-0.2, 0) is 4.79 Å². The molecule has 0 amide bonds. The Morgan fingerprint density at radius 1 is 1.00 bits per heavy atom. The second kappa shape index (κ2) is 9.52. The number of nitrogens with one attached hydrogen (secondary N) is 1. The smallest absolute Gasteiger partial charge is 0.335 e. The highest BCUT2D eigenvalue weighted by molar-refractivity contribution is 7.14.